The molecule has 0 heterocycles. The minimum Gasteiger partial charge on any atom is -0.399 e. The second kappa shape index (κ2) is 7.06. The van der Waals surface area contributed by atoms with E-state index in [0.29, 0.717) is 16.5 Å². The highest BCUT2D eigenvalue weighted by atomic mass is 35.5. The predicted octanol–water partition coefficient (Wildman–Crippen LogP) is 3.66. The summed E-state index contributed by atoms with van der Waals surface area (Å²) < 4.78 is 0. The van der Waals surface area contributed by atoms with Crippen LogP contribution in [0.5, 0.6) is 0 Å². The Kier molecular flexibility index (Phi) is 6.01. The molecule has 0 radical (unpaired) electrons. The third-order valence-corrected chi connectivity index (χ3v) is 4.19. The topological polar surface area (TPSA) is 46.3 Å². The van der Waals surface area contributed by atoms with Gasteiger partial charge in [0, 0.05) is 22.7 Å². The number of nitrogens with zero attached hydrogens (tertiary/aromatic N) is 1. The first-order valence-corrected chi connectivity index (χ1v) is 7.68. The maximum Gasteiger partial charge on any atom is 0.233 e. The molecule has 0 aliphatic carbocycles. The molecule has 0 unspecified atom stereocenters. The molecule has 0 aliphatic rings. The zero-order valence-electron chi connectivity index (χ0n) is 11.8. The minimum absolute atomic E-state index is 0.119. The van der Waals surface area contributed by atoms with Gasteiger partial charge in [0.15, 0.2) is 0 Å². The average molecular weight is 301 g/mol. The van der Waals surface area contributed by atoms with E-state index in [-0.39, 0.29) is 18.0 Å². The number of thioether (sulfide) groups is 1. The van der Waals surface area contributed by atoms with Crippen molar-refractivity contribution in [3.05, 3.63) is 23.2 Å². The van der Waals surface area contributed by atoms with Gasteiger partial charge in [0.2, 0.25) is 5.91 Å². The number of halogens is 1. The Labute approximate surface area is 124 Å². The monoisotopic (exact) mass is 300 g/mol. The lowest BCUT2D eigenvalue weighted by atomic mass is 10.2. The molecular weight excluding hydrogens is 280 g/mol. The van der Waals surface area contributed by atoms with E-state index in [0.717, 1.165) is 4.90 Å². The van der Waals surface area contributed by atoms with Crippen molar-refractivity contribution < 1.29 is 4.79 Å². The van der Waals surface area contributed by atoms with Crippen molar-refractivity contribution in [2.24, 2.45) is 0 Å². The number of benzene rings is 1. The quantitative estimate of drug-likeness (QED) is 0.667. The van der Waals surface area contributed by atoms with Crippen LogP contribution in [0.25, 0.3) is 0 Å². The number of hydrogen-bond donors (Lipinski definition) is 1. The van der Waals surface area contributed by atoms with Gasteiger partial charge in [-0.05, 0) is 45.9 Å². The molecule has 0 aromatic heterocycles. The summed E-state index contributed by atoms with van der Waals surface area (Å²) in [5.74, 6) is 0.494. The zero-order valence-corrected chi connectivity index (χ0v) is 13.4. The highest BCUT2D eigenvalue weighted by Gasteiger charge is 2.20. The van der Waals surface area contributed by atoms with Crippen molar-refractivity contribution in [3.63, 3.8) is 0 Å². The highest BCUT2D eigenvalue weighted by Crippen LogP contribution is 2.29. The number of carbonyl (C=O) groups excluding carboxylic acids is 1. The molecule has 1 aromatic rings. The van der Waals surface area contributed by atoms with Crippen molar-refractivity contribution in [2.75, 3.05) is 11.5 Å². The van der Waals surface area contributed by atoms with Crippen LogP contribution in [-0.4, -0.2) is 28.6 Å². The van der Waals surface area contributed by atoms with Crippen molar-refractivity contribution >= 4 is 35.0 Å². The van der Waals surface area contributed by atoms with E-state index in [4.69, 9.17) is 17.3 Å². The summed E-state index contributed by atoms with van der Waals surface area (Å²) in [5, 5.41) is 0.632. The van der Waals surface area contributed by atoms with Crippen LogP contribution in [-0.2, 0) is 4.79 Å². The van der Waals surface area contributed by atoms with E-state index >= 15 is 0 Å². The van der Waals surface area contributed by atoms with Crippen LogP contribution >= 0.6 is 23.4 Å². The van der Waals surface area contributed by atoms with Gasteiger partial charge in [-0.25, -0.2) is 0 Å². The lowest BCUT2D eigenvalue weighted by molar-refractivity contribution is -0.131. The van der Waals surface area contributed by atoms with Gasteiger partial charge in [-0.3, -0.25) is 4.79 Å². The number of nitrogen functional groups attached to an aromatic ring is 1. The second-order valence-electron chi connectivity index (χ2n) is 4.97. The van der Waals surface area contributed by atoms with E-state index in [1.807, 2.05) is 32.6 Å². The predicted molar refractivity (Wildman–Crippen MR) is 83.7 cm³/mol. The molecule has 0 spiro atoms. The van der Waals surface area contributed by atoms with E-state index < -0.39 is 0 Å². The Morgan fingerprint density at radius 2 is 1.89 bits per heavy atom. The van der Waals surface area contributed by atoms with Crippen molar-refractivity contribution in [3.8, 4) is 0 Å². The Hall–Kier alpha value is -0.870. The van der Waals surface area contributed by atoms with Crippen LogP contribution in [0.1, 0.15) is 27.7 Å². The summed E-state index contributed by atoms with van der Waals surface area (Å²) in [6.45, 7) is 8.10. The molecule has 0 saturated heterocycles. The summed E-state index contributed by atoms with van der Waals surface area (Å²) in [4.78, 5) is 15.0. The summed E-state index contributed by atoms with van der Waals surface area (Å²) in [6.07, 6.45) is 0. The van der Waals surface area contributed by atoms with E-state index in [1.54, 1.807) is 18.2 Å². The summed E-state index contributed by atoms with van der Waals surface area (Å²) in [5.41, 5.74) is 6.38. The van der Waals surface area contributed by atoms with Crippen LogP contribution in [0.3, 0.4) is 0 Å². The Morgan fingerprint density at radius 1 is 1.32 bits per heavy atom. The lowest BCUT2D eigenvalue weighted by Crippen LogP contribution is -2.43. The van der Waals surface area contributed by atoms with Crippen LogP contribution < -0.4 is 5.73 Å². The molecule has 1 aromatic carbocycles. The van der Waals surface area contributed by atoms with Crippen LogP contribution in [0, 0.1) is 0 Å². The molecule has 1 rings (SSSR count). The van der Waals surface area contributed by atoms with Crippen LogP contribution in [0.2, 0.25) is 5.02 Å². The largest absolute Gasteiger partial charge is 0.399 e. The molecular formula is C14H21ClN2OS. The number of amides is 1. The normalized spacial score (nSPS) is 11.1. The van der Waals surface area contributed by atoms with Gasteiger partial charge in [-0.1, -0.05) is 11.6 Å². The Balaban J connectivity index is 2.70. The van der Waals surface area contributed by atoms with Gasteiger partial charge in [-0.2, -0.15) is 0 Å². The van der Waals surface area contributed by atoms with Crippen molar-refractivity contribution in [1.29, 1.82) is 0 Å². The van der Waals surface area contributed by atoms with E-state index in [1.165, 1.54) is 11.8 Å². The molecule has 0 atom stereocenters. The van der Waals surface area contributed by atoms with Crippen LogP contribution in [0.15, 0.2) is 23.1 Å². The third-order valence-electron chi connectivity index (χ3n) is 2.71. The first-order valence-electron chi connectivity index (χ1n) is 6.32. The number of nitrogens with two attached hydrogens (primary N) is 1. The molecule has 0 bridgehead atoms. The maximum atomic E-state index is 12.2. The van der Waals surface area contributed by atoms with Gasteiger partial charge in [0.25, 0.3) is 0 Å². The molecule has 0 fully saturated rings. The molecule has 19 heavy (non-hydrogen) atoms. The standard InChI is InChI=1S/C14H21ClN2OS/c1-9(2)17(10(3)4)14(18)8-19-13-7-11(16)5-6-12(13)15/h5-7,9-10H,8,16H2,1-4H3. The van der Waals surface area contributed by atoms with Gasteiger partial charge in [-0.15, -0.1) is 11.8 Å². The van der Waals surface area contributed by atoms with E-state index in [2.05, 4.69) is 0 Å². The molecule has 1 amide bonds. The van der Waals surface area contributed by atoms with Gasteiger partial charge >= 0.3 is 0 Å². The minimum atomic E-state index is 0.119. The number of carbonyl (C=O) groups is 1. The van der Waals surface area contributed by atoms with Gasteiger partial charge in [0.05, 0.1) is 10.8 Å². The Bertz CT molecular complexity index is 441. The van der Waals surface area contributed by atoms with Gasteiger partial charge < -0.3 is 10.6 Å². The first-order chi connectivity index (χ1) is 8.82. The second-order valence-corrected chi connectivity index (χ2v) is 6.39. The molecule has 0 saturated carbocycles. The SMILES string of the molecule is CC(C)N(C(=O)CSc1cc(N)ccc1Cl)C(C)C. The molecule has 3 nitrogen and oxygen atoms in total. The van der Waals surface area contributed by atoms with Crippen LogP contribution in [0.4, 0.5) is 5.69 Å². The van der Waals surface area contributed by atoms with Crippen molar-refractivity contribution in [2.45, 2.75) is 44.7 Å². The number of rotatable bonds is 5. The molecule has 5 heteroatoms. The highest BCUT2D eigenvalue weighted by molar-refractivity contribution is 8.00. The third kappa shape index (κ3) is 4.62. The molecule has 2 N–H and O–H groups in total. The first kappa shape index (κ1) is 16.2. The Morgan fingerprint density at radius 3 is 2.42 bits per heavy atom. The van der Waals surface area contributed by atoms with Gasteiger partial charge in [0.1, 0.15) is 0 Å². The molecule has 106 valence electrons. The smallest absolute Gasteiger partial charge is 0.233 e. The number of anilines is 1. The molecule has 0 aliphatic heterocycles. The fourth-order valence-corrected chi connectivity index (χ4v) is 3.15. The van der Waals surface area contributed by atoms with Crippen molar-refractivity contribution in [1.82, 2.24) is 4.90 Å². The van der Waals surface area contributed by atoms with E-state index in [9.17, 15) is 4.79 Å². The fourth-order valence-electron chi connectivity index (χ4n) is 2.02. The maximum absolute atomic E-state index is 12.2. The average Bonchev–Trinajstić information content (AvgIpc) is 2.29. The number of hydrogen-bond acceptors (Lipinski definition) is 3. The fraction of sp³-hybridized carbons (Fsp3) is 0.500. The summed E-state index contributed by atoms with van der Waals surface area (Å²) >= 11 is 7.51. The summed E-state index contributed by atoms with van der Waals surface area (Å²) in [6, 6.07) is 5.71. The summed E-state index contributed by atoms with van der Waals surface area (Å²) in [7, 11) is 0. The zero-order chi connectivity index (χ0) is 14.6. The lowest BCUT2D eigenvalue weighted by Gasteiger charge is -2.30.